The van der Waals surface area contributed by atoms with E-state index in [1.165, 1.54) is 10.9 Å². The number of nitrogens with one attached hydrogen (secondary N) is 1. The van der Waals surface area contributed by atoms with Crippen LogP contribution in [0.4, 0.5) is 0 Å². The summed E-state index contributed by atoms with van der Waals surface area (Å²) in [6.07, 6.45) is 1.39. The highest BCUT2D eigenvalue weighted by Gasteiger charge is 2.15. The van der Waals surface area contributed by atoms with Gasteiger partial charge in [0.05, 0.1) is 12.4 Å². The molecule has 0 aliphatic heterocycles. The predicted octanol–water partition coefficient (Wildman–Crippen LogP) is 3.02. The molecule has 26 heavy (non-hydrogen) atoms. The maximum absolute atomic E-state index is 12.6. The molecule has 1 amide bonds. The van der Waals surface area contributed by atoms with Gasteiger partial charge in [-0.25, -0.2) is 4.98 Å². The molecule has 1 atom stereocenters. The summed E-state index contributed by atoms with van der Waals surface area (Å²) >= 11 is 0. The Labute approximate surface area is 149 Å². The Balaban J connectivity index is 1.59. The number of furan rings is 1. The van der Waals surface area contributed by atoms with Crippen LogP contribution in [0.1, 0.15) is 18.5 Å². The van der Waals surface area contributed by atoms with Gasteiger partial charge in [-0.1, -0.05) is 42.5 Å². The van der Waals surface area contributed by atoms with Gasteiger partial charge in [0.2, 0.25) is 11.5 Å². The summed E-state index contributed by atoms with van der Waals surface area (Å²) in [7, 11) is 0. The minimum atomic E-state index is -0.367. The Morgan fingerprint density at radius 3 is 2.69 bits per heavy atom. The number of carbonyl (C=O) groups excluding carboxylic acids is 1. The fourth-order valence-corrected chi connectivity index (χ4v) is 2.99. The normalized spacial score (nSPS) is 12.3. The number of rotatable bonds is 4. The van der Waals surface area contributed by atoms with Crippen LogP contribution in [0.25, 0.3) is 22.1 Å². The van der Waals surface area contributed by atoms with Gasteiger partial charge in [-0.2, -0.15) is 0 Å². The van der Waals surface area contributed by atoms with Crippen LogP contribution in [0.2, 0.25) is 0 Å². The minimum absolute atomic E-state index is 0.115. The first kappa shape index (κ1) is 16.1. The van der Waals surface area contributed by atoms with Gasteiger partial charge in [-0.15, -0.1) is 0 Å². The average Bonchev–Trinajstić information content (AvgIpc) is 3.04. The van der Waals surface area contributed by atoms with E-state index in [0.717, 1.165) is 10.9 Å². The molecule has 1 N–H and O–H groups in total. The maximum Gasteiger partial charge on any atom is 0.297 e. The van der Waals surface area contributed by atoms with Crippen molar-refractivity contribution in [2.45, 2.75) is 19.5 Å². The lowest BCUT2D eigenvalue weighted by atomic mass is 10.1. The Morgan fingerprint density at radius 2 is 1.88 bits per heavy atom. The molecule has 0 radical (unpaired) electrons. The fourth-order valence-electron chi connectivity index (χ4n) is 2.99. The van der Waals surface area contributed by atoms with Crippen molar-refractivity contribution in [3.05, 3.63) is 76.8 Å². The number of hydrogen-bond acceptors (Lipinski definition) is 4. The van der Waals surface area contributed by atoms with Gasteiger partial charge < -0.3 is 9.73 Å². The summed E-state index contributed by atoms with van der Waals surface area (Å²) in [5, 5.41) is 3.68. The lowest BCUT2D eigenvalue weighted by Crippen LogP contribution is -2.33. The van der Waals surface area contributed by atoms with Crippen LogP contribution in [-0.4, -0.2) is 15.5 Å². The van der Waals surface area contributed by atoms with Gasteiger partial charge in [-0.05, 0) is 24.6 Å². The molecule has 0 saturated heterocycles. The van der Waals surface area contributed by atoms with Gasteiger partial charge >= 0.3 is 0 Å². The van der Waals surface area contributed by atoms with Crippen LogP contribution in [0.15, 0.2) is 70.1 Å². The summed E-state index contributed by atoms with van der Waals surface area (Å²) in [5.41, 5.74) is 1.91. The zero-order chi connectivity index (χ0) is 18.1. The quantitative estimate of drug-likeness (QED) is 0.616. The Kier molecular flexibility index (Phi) is 4.01. The maximum atomic E-state index is 12.6. The Hall–Kier alpha value is -3.41. The van der Waals surface area contributed by atoms with Crippen molar-refractivity contribution in [2.24, 2.45) is 0 Å². The summed E-state index contributed by atoms with van der Waals surface area (Å²) in [4.78, 5) is 29.3. The topological polar surface area (TPSA) is 77.1 Å². The van der Waals surface area contributed by atoms with E-state index in [1.807, 2.05) is 55.5 Å². The zero-order valence-electron chi connectivity index (χ0n) is 14.2. The second kappa shape index (κ2) is 6.48. The molecule has 4 aromatic rings. The van der Waals surface area contributed by atoms with Crippen molar-refractivity contribution in [3.8, 4) is 0 Å². The highest BCUT2D eigenvalue weighted by Crippen LogP contribution is 2.24. The Bertz CT molecular complexity index is 1150. The van der Waals surface area contributed by atoms with Gasteiger partial charge in [0.15, 0.2) is 0 Å². The second-order valence-electron chi connectivity index (χ2n) is 6.15. The number of fused-ring (bicyclic) bond motifs is 3. The van der Waals surface area contributed by atoms with Crippen LogP contribution in [0.3, 0.4) is 0 Å². The Morgan fingerprint density at radius 1 is 1.15 bits per heavy atom. The number of carbonyl (C=O) groups is 1. The number of nitrogens with zero attached hydrogens (tertiary/aromatic N) is 2. The number of hydrogen-bond donors (Lipinski definition) is 1. The van der Waals surface area contributed by atoms with Gasteiger partial charge in [0.25, 0.3) is 5.56 Å². The minimum Gasteiger partial charge on any atom is -0.448 e. The van der Waals surface area contributed by atoms with Crippen LogP contribution < -0.4 is 10.9 Å². The molecule has 0 fully saturated rings. The van der Waals surface area contributed by atoms with E-state index in [4.69, 9.17) is 4.42 Å². The molecule has 0 spiro atoms. The molecule has 2 aromatic carbocycles. The molecule has 0 bridgehead atoms. The van der Waals surface area contributed by atoms with E-state index < -0.39 is 0 Å². The molecule has 4 rings (SSSR count). The number of benzene rings is 2. The molecule has 130 valence electrons. The highest BCUT2D eigenvalue weighted by molar-refractivity contribution is 6.01. The van der Waals surface area contributed by atoms with Gasteiger partial charge in [0.1, 0.15) is 17.6 Å². The third-order valence-electron chi connectivity index (χ3n) is 4.34. The summed E-state index contributed by atoms with van der Waals surface area (Å²) in [6, 6.07) is 16.8. The molecule has 2 heterocycles. The van der Waals surface area contributed by atoms with E-state index in [2.05, 4.69) is 10.3 Å². The van der Waals surface area contributed by atoms with Crippen LogP contribution in [0.5, 0.6) is 0 Å². The number of para-hydroxylation sites is 1. The van der Waals surface area contributed by atoms with E-state index in [-0.39, 0.29) is 29.6 Å². The second-order valence-corrected chi connectivity index (χ2v) is 6.15. The SMILES string of the molecule is C[C@H](NC(=O)Cn1cnc2c(oc3ccccc32)c1=O)c1ccccc1. The van der Waals surface area contributed by atoms with Crippen molar-refractivity contribution in [3.63, 3.8) is 0 Å². The average molecular weight is 347 g/mol. The molecular formula is C20H17N3O3. The zero-order valence-corrected chi connectivity index (χ0v) is 14.2. The molecule has 0 aliphatic rings. The highest BCUT2D eigenvalue weighted by atomic mass is 16.3. The van der Waals surface area contributed by atoms with Crippen molar-refractivity contribution in [2.75, 3.05) is 0 Å². The van der Waals surface area contributed by atoms with Crippen molar-refractivity contribution < 1.29 is 9.21 Å². The standard InChI is InChI=1S/C20H17N3O3/c1-13(14-7-3-2-4-8-14)22-17(24)11-23-12-21-18-15-9-5-6-10-16(15)26-19(18)20(23)25/h2-10,12-13H,11H2,1H3,(H,22,24)/t13-/m0/s1. The van der Waals surface area contributed by atoms with E-state index >= 15 is 0 Å². The molecule has 6 nitrogen and oxygen atoms in total. The number of aromatic nitrogens is 2. The van der Waals surface area contributed by atoms with Gasteiger partial charge in [0, 0.05) is 5.39 Å². The smallest absolute Gasteiger partial charge is 0.297 e. The summed E-state index contributed by atoms with van der Waals surface area (Å²) in [6.45, 7) is 1.78. The largest absolute Gasteiger partial charge is 0.448 e. The lowest BCUT2D eigenvalue weighted by Gasteiger charge is -2.14. The van der Waals surface area contributed by atoms with Gasteiger partial charge in [-0.3, -0.25) is 14.2 Å². The molecule has 2 aromatic heterocycles. The predicted molar refractivity (Wildman–Crippen MR) is 98.8 cm³/mol. The monoisotopic (exact) mass is 347 g/mol. The first-order chi connectivity index (χ1) is 12.6. The van der Waals surface area contributed by atoms with Crippen molar-refractivity contribution >= 4 is 28.0 Å². The molecular weight excluding hydrogens is 330 g/mol. The molecule has 0 unspecified atom stereocenters. The summed E-state index contributed by atoms with van der Waals surface area (Å²) < 4.78 is 6.89. The van der Waals surface area contributed by atoms with Crippen LogP contribution >= 0.6 is 0 Å². The lowest BCUT2D eigenvalue weighted by molar-refractivity contribution is -0.122. The molecule has 0 saturated carbocycles. The third-order valence-corrected chi connectivity index (χ3v) is 4.34. The number of amides is 1. The first-order valence-electron chi connectivity index (χ1n) is 8.34. The van der Waals surface area contributed by atoms with Crippen LogP contribution in [0, 0.1) is 0 Å². The van der Waals surface area contributed by atoms with Crippen LogP contribution in [-0.2, 0) is 11.3 Å². The van der Waals surface area contributed by atoms with E-state index in [0.29, 0.717) is 11.1 Å². The molecule has 0 aliphatic carbocycles. The fraction of sp³-hybridized carbons (Fsp3) is 0.150. The molecule has 6 heteroatoms. The third kappa shape index (κ3) is 2.86. The van der Waals surface area contributed by atoms with E-state index in [9.17, 15) is 9.59 Å². The van der Waals surface area contributed by atoms with Crippen molar-refractivity contribution in [1.82, 2.24) is 14.9 Å². The first-order valence-corrected chi connectivity index (χ1v) is 8.34. The van der Waals surface area contributed by atoms with Crippen molar-refractivity contribution in [1.29, 1.82) is 0 Å². The van der Waals surface area contributed by atoms with E-state index in [1.54, 1.807) is 6.07 Å². The summed E-state index contributed by atoms with van der Waals surface area (Å²) in [5.74, 6) is -0.263.